The molecule has 2 heterocycles. The van der Waals surface area contributed by atoms with Crippen molar-refractivity contribution in [2.45, 2.75) is 13.5 Å². The Morgan fingerprint density at radius 3 is 2.87 bits per heavy atom. The molecule has 5 heteroatoms. The van der Waals surface area contributed by atoms with Crippen LogP contribution in [0.25, 0.3) is 11.5 Å². The van der Waals surface area contributed by atoms with Gasteiger partial charge in [0.05, 0.1) is 5.69 Å². The maximum absolute atomic E-state index is 5.63. The van der Waals surface area contributed by atoms with Crippen LogP contribution in [-0.4, -0.2) is 10.1 Å². The van der Waals surface area contributed by atoms with Gasteiger partial charge in [0, 0.05) is 22.8 Å². The van der Waals surface area contributed by atoms with E-state index in [9.17, 15) is 0 Å². The molecule has 0 atom stereocenters. The second-order valence-electron chi connectivity index (χ2n) is 3.14. The van der Waals surface area contributed by atoms with Crippen LogP contribution in [0.5, 0.6) is 0 Å². The van der Waals surface area contributed by atoms with Gasteiger partial charge in [-0.15, -0.1) is 0 Å². The van der Waals surface area contributed by atoms with Crippen LogP contribution in [-0.2, 0) is 6.54 Å². The molecule has 0 aliphatic heterocycles. The first kappa shape index (κ1) is 10.3. The summed E-state index contributed by atoms with van der Waals surface area (Å²) in [6.45, 7) is 2.27. The summed E-state index contributed by atoms with van der Waals surface area (Å²) in [6.07, 6.45) is 1.72. The molecule has 0 fully saturated rings. The van der Waals surface area contributed by atoms with Gasteiger partial charge in [0.1, 0.15) is 5.69 Å². The Morgan fingerprint density at radius 2 is 2.27 bits per heavy atom. The molecule has 2 aromatic heterocycles. The van der Waals surface area contributed by atoms with Crippen LogP contribution in [0, 0.1) is 6.92 Å². The van der Waals surface area contributed by atoms with E-state index in [-0.39, 0.29) is 0 Å². The Balaban J connectivity index is 2.49. The van der Waals surface area contributed by atoms with E-state index in [1.807, 2.05) is 19.1 Å². The van der Waals surface area contributed by atoms with Gasteiger partial charge in [0.25, 0.3) is 0 Å². The van der Waals surface area contributed by atoms with Gasteiger partial charge in [-0.2, -0.15) is 0 Å². The molecule has 78 valence electrons. The molecular weight excluding hydrogens is 258 g/mol. The minimum atomic E-state index is 0.405. The topological polar surface area (TPSA) is 64.9 Å². The van der Waals surface area contributed by atoms with Crippen molar-refractivity contribution < 1.29 is 4.52 Å². The van der Waals surface area contributed by atoms with Gasteiger partial charge in [-0.3, -0.25) is 4.98 Å². The van der Waals surface area contributed by atoms with Crippen molar-refractivity contribution in [3.8, 4) is 11.5 Å². The molecule has 0 radical (unpaired) electrons. The summed E-state index contributed by atoms with van der Waals surface area (Å²) >= 11 is 3.33. The highest BCUT2D eigenvalue weighted by Crippen LogP contribution is 2.24. The van der Waals surface area contributed by atoms with Gasteiger partial charge in [-0.25, -0.2) is 0 Å². The number of nitrogens with two attached hydrogens (primary N) is 1. The minimum absolute atomic E-state index is 0.405. The van der Waals surface area contributed by atoms with Gasteiger partial charge in [-0.05, 0) is 35.0 Å². The largest absolute Gasteiger partial charge is 0.354 e. The van der Waals surface area contributed by atoms with Crippen molar-refractivity contribution in [1.29, 1.82) is 0 Å². The molecule has 0 saturated carbocycles. The number of pyridine rings is 1. The van der Waals surface area contributed by atoms with Crippen LogP contribution < -0.4 is 5.73 Å². The van der Waals surface area contributed by atoms with E-state index in [1.54, 1.807) is 6.20 Å². The summed E-state index contributed by atoms with van der Waals surface area (Å²) in [4.78, 5) is 4.23. The van der Waals surface area contributed by atoms with Crippen molar-refractivity contribution in [3.05, 3.63) is 34.1 Å². The first-order chi connectivity index (χ1) is 7.22. The number of halogens is 1. The third-order valence-electron chi connectivity index (χ3n) is 2.15. The van der Waals surface area contributed by atoms with E-state index < -0.39 is 0 Å². The lowest BCUT2D eigenvalue weighted by Crippen LogP contribution is -1.99. The molecule has 0 amide bonds. The van der Waals surface area contributed by atoms with Crippen molar-refractivity contribution in [2.24, 2.45) is 5.73 Å². The zero-order chi connectivity index (χ0) is 10.8. The molecule has 0 bridgehead atoms. The molecule has 0 unspecified atom stereocenters. The van der Waals surface area contributed by atoms with Gasteiger partial charge < -0.3 is 10.3 Å². The number of aryl methyl sites for hydroxylation is 1. The summed E-state index contributed by atoms with van der Waals surface area (Å²) in [5.74, 6) is 0.655. The van der Waals surface area contributed by atoms with E-state index in [1.165, 1.54) is 0 Å². The number of hydrogen-bond acceptors (Lipinski definition) is 4. The molecule has 2 rings (SSSR count). The molecule has 0 saturated heterocycles. The summed E-state index contributed by atoms with van der Waals surface area (Å²) < 4.78 is 6.13. The van der Waals surface area contributed by atoms with Crippen LogP contribution in [0.4, 0.5) is 0 Å². The van der Waals surface area contributed by atoms with E-state index in [2.05, 4.69) is 26.1 Å². The molecule has 0 spiro atoms. The molecule has 4 nitrogen and oxygen atoms in total. The second-order valence-corrected chi connectivity index (χ2v) is 4.06. The monoisotopic (exact) mass is 267 g/mol. The molecule has 15 heavy (non-hydrogen) atoms. The Kier molecular flexibility index (Phi) is 2.83. The Hall–Kier alpha value is -1.20. The first-order valence-electron chi connectivity index (χ1n) is 4.49. The lowest BCUT2D eigenvalue weighted by Gasteiger charge is -1.98. The Labute approximate surface area is 95.6 Å². The van der Waals surface area contributed by atoms with Crippen LogP contribution >= 0.6 is 15.9 Å². The van der Waals surface area contributed by atoms with Crippen molar-refractivity contribution in [3.63, 3.8) is 0 Å². The highest BCUT2D eigenvalue weighted by atomic mass is 79.9. The predicted octanol–water partition coefficient (Wildman–Crippen LogP) is 2.27. The SMILES string of the molecule is Cc1noc(-c2ccc(Br)cn2)c1CN. The predicted molar refractivity (Wildman–Crippen MR) is 60.1 cm³/mol. The average Bonchev–Trinajstić information content (AvgIpc) is 2.61. The molecule has 2 N–H and O–H groups in total. The molecule has 0 aromatic carbocycles. The van der Waals surface area contributed by atoms with E-state index >= 15 is 0 Å². The fourth-order valence-electron chi connectivity index (χ4n) is 1.34. The molecule has 0 aliphatic carbocycles. The summed E-state index contributed by atoms with van der Waals surface area (Å²) in [6, 6.07) is 3.77. The summed E-state index contributed by atoms with van der Waals surface area (Å²) in [5.41, 5.74) is 8.10. The average molecular weight is 268 g/mol. The zero-order valence-corrected chi connectivity index (χ0v) is 9.78. The van der Waals surface area contributed by atoms with Crippen molar-refractivity contribution >= 4 is 15.9 Å². The van der Waals surface area contributed by atoms with Gasteiger partial charge in [-0.1, -0.05) is 5.16 Å². The van der Waals surface area contributed by atoms with Crippen LogP contribution in [0.1, 0.15) is 11.3 Å². The van der Waals surface area contributed by atoms with E-state index in [0.717, 1.165) is 21.4 Å². The quantitative estimate of drug-likeness (QED) is 0.907. The summed E-state index contributed by atoms with van der Waals surface area (Å²) in [7, 11) is 0. The van der Waals surface area contributed by atoms with Gasteiger partial charge in [0.2, 0.25) is 0 Å². The Morgan fingerprint density at radius 1 is 1.47 bits per heavy atom. The second kappa shape index (κ2) is 4.12. The van der Waals surface area contributed by atoms with E-state index in [0.29, 0.717) is 12.3 Å². The van der Waals surface area contributed by atoms with Crippen LogP contribution in [0.15, 0.2) is 27.3 Å². The molecular formula is C10H10BrN3O. The Bertz CT molecular complexity index is 464. The molecule has 2 aromatic rings. The number of nitrogens with zero attached hydrogens (tertiary/aromatic N) is 2. The van der Waals surface area contributed by atoms with Crippen molar-refractivity contribution in [2.75, 3.05) is 0 Å². The fraction of sp³-hybridized carbons (Fsp3) is 0.200. The van der Waals surface area contributed by atoms with Crippen LogP contribution in [0.2, 0.25) is 0 Å². The maximum Gasteiger partial charge on any atom is 0.189 e. The number of aromatic nitrogens is 2. The number of rotatable bonds is 2. The third kappa shape index (κ3) is 1.93. The highest BCUT2D eigenvalue weighted by molar-refractivity contribution is 9.10. The maximum atomic E-state index is 5.63. The number of hydrogen-bond donors (Lipinski definition) is 1. The minimum Gasteiger partial charge on any atom is -0.354 e. The summed E-state index contributed by atoms with van der Waals surface area (Å²) in [5, 5.41) is 3.88. The third-order valence-corrected chi connectivity index (χ3v) is 2.62. The smallest absolute Gasteiger partial charge is 0.189 e. The lowest BCUT2D eigenvalue weighted by atomic mass is 10.1. The van der Waals surface area contributed by atoms with Crippen LogP contribution in [0.3, 0.4) is 0 Å². The van der Waals surface area contributed by atoms with Gasteiger partial charge in [0.15, 0.2) is 5.76 Å². The first-order valence-corrected chi connectivity index (χ1v) is 5.29. The van der Waals surface area contributed by atoms with E-state index in [4.69, 9.17) is 10.3 Å². The normalized spacial score (nSPS) is 10.6. The fourth-order valence-corrected chi connectivity index (χ4v) is 1.58. The van der Waals surface area contributed by atoms with Crippen molar-refractivity contribution in [1.82, 2.24) is 10.1 Å². The van der Waals surface area contributed by atoms with Gasteiger partial charge >= 0.3 is 0 Å². The molecule has 0 aliphatic rings. The standard InChI is InChI=1S/C10H10BrN3O/c1-6-8(4-12)10(15-14-6)9-3-2-7(11)5-13-9/h2-3,5H,4,12H2,1H3. The lowest BCUT2D eigenvalue weighted by molar-refractivity contribution is 0.425. The highest BCUT2D eigenvalue weighted by Gasteiger charge is 2.14. The zero-order valence-electron chi connectivity index (χ0n) is 8.20.